The van der Waals surface area contributed by atoms with Crippen molar-refractivity contribution in [2.75, 3.05) is 5.73 Å². The highest BCUT2D eigenvalue weighted by molar-refractivity contribution is 7.21. The van der Waals surface area contributed by atoms with E-state index in [0.717, 1.165) is 20.0 Å². The van der Waals surface area contributed by atoms with Crippen molar-refractivity contribution in [3.63, 3.8) is 0 Å². The van der Waals surface area contributed by atoms with Gasteiger partial charge in [-0.25, -0.2) is 4.98 Å². The molecule has 108 valence electrons. The summed E-state index contributed by atoms with van der Waals surface area (Å²) < 4.78 is 0.916. The van der Waals surface area contributed by atoms with Crippen molar-refractivity contribution in [2.24, 2.45) is 0 Å². The van der Waals surface area contributed by atoms with Gasteiger partial charge in [0.1, 0.15) is 4.88 Å². The predicted octanol–water partition coefficient (Wildman–Crippen LogP) is 3.83. The van der Waals surface area contributed by atoms with E-state index in [9.17, 15) is 4.79 Å². The number of carbonyl (C=O) groups excluding carboxylic acids is 1. The number of hydrogen-bond acceptors (Lipinski definition) is 5. The zero-order valence-electron chi connectivity index (χ0n) is 11.1. The summed E-state index contributed by atoms with van der Waals surface area (Å²) in [5, 5.41) is 5.17. The Bertz CT molecular complexity index is 825. The van der Waals surface area contributed by atoms with Crippen LogP contribution in [0.15, 0.2) is 24.4 Å². The first-order valence-corrected chi connectivity index (χ1v) is 8.23. The van der Waals surface area contributed by atoms with Gasteiger partial charge in [-0.1, -0.05) is 17.7 Å². The van der Waals surface area contributed by atoms with Crippen LogP contribution in [0.5, 0.6) is 0 Å². The average molecular weight is 338 g/mol. The first-order valence-electron chi connectivity index (χ1n) is 6.22. The maximum absolute atomic E-state index is 12.3. The lowest BCUT2D eigenvalue weighted by atomic mass is 10.2. The Balaban J connectivity index is 1.84. The molecule has 1 aromatic carbocycles. The third-order valence-electron chi connectivity index (χ3n) is 3.00. The van der Waals surface area contributed by atoms with Crippen LogP contribution in [-0.4, -0.2) is 10.9 Å². The van der Waals surface area contributed by atoms with Crippen molar-refractivity contribution in [1.29, 1.82) is 0 Å². The minimum absolute atomic E-state index is 0.184. The number of thiazole rings is 1. The molecule has 2 heterocycles. The number of nitrogens with two attached hydrogens (primary N) is 1. The molecule has 0 fully saturated rings. The summed E-state index contributed by atoms with van der Waals surface area (Å²) in [6, 6.07) is 5.53. The van der Waals surface area contributed by atoms with Crippen molar-refractivity contribution in [3.05, 3.63) is 44.2 Å². The quantitative estimate of drug-likeness (QED) is 0.763. The normalized spacial score (nSPS) is 11.0. The van der Waals surface area contributed by atoms with Crippen LogP contribution in [0, 0.1) is 6.92 Å². The molecule has 1 amide bonds. The fraction of sp³-hybridized carbons (Fsp3) is 0.143. The topological polar surface area (TPSA) is 68.0 Å². The fourth-order valence-electron chi connectivity index (χ4n) is 2.03. The zero-order valence-corrected chi connectivity index (χ0v) is 13.5. The number of fused-ring (bicyclic) bond motifs is 1. The number of nitrogens with one attached hydrogen (secondary N) is 1. The number of nitrogens with zero attached hydrogens (tertiary/aromatic N) is 1. The molecule has 0 aliphatic rings. The largest absolute Gasteiger partial charge is 0.397 e. The predicted molar refractivity (Wildman–Crippen MR) is 89.3 cm³/mol. The Morgan fingerprint density at radius 2 is 2.24 bits per heavy atom. The molecular formula is C14H12ClN3OS2. The summed E-state index contributed by atoms with van der Waals surface area (Å²) in [6.45, 7) is 2.38. The first kappa shape index (κ1) is 14.3. The fourth-order valence-corrected chi connectivity index (χ4v) is 4.16. The molecule has 7 heteroatoms. The summed E-state index contributed by atoms with van der Waals surface area (Å²) in [5.41, 5.74) is 6.51. The molecule has 0 saturated heterocycles. The standard InChI is InChI=1S/C14H12ClN3OS2/c1-7-17-5-8(20-7)6-18-14(19)13-12(16)11-9(15)3-2-4-10(11)21-13/h2-5H,6,16H2,1H3,(H,18,19). The molecule has 0 aliphatic heterocycles. The van der Waals surface area contributed by atoms with Gasteiger partial charge in [-0.3, -0.25) is 4.79 Å². The monoisotopic (exact) mass is 337 g/mol. The van der Waals surface area contributed by atoms with E-state index in [1.807, 2.05) is 19.1 Å². The van der Waals surface area contributed by atoms with Gasteiger partial charge in [0.25, 0.3) is 5.91 Å². The molecule has 3 N–H and O–H groups in total. The molecule has 0 spiro atoms. The van der Waals surface area contributed by atoms with E-state index in [0.29, 0.717) is 22.1 Å². The molecule has 0 saturated carbocycles. The minimum atomic E-state index is -0.184. The van der Waals surface area contributed by atoms with E-state index in [2.05, 4.69) is 10.3 Å². The number of nitrogen functional groups attached to an aromatic ring is 1. The number of aromatic nitrogens is 1. The number of rotatable bonds is 3. The lowest BCUT2D eigenvalue weighted by molar-refractivity contribution is 0.0956. The van der Waals surface area contributed by atoms with Crippen LogP contribution in [0.2, 0.25) is 5.02 Å². The number of anilines is 1. The first-order chi connectivity index (χ1) is 10.1. The molecule has 21 heavy (non-hydrogen) atoms. The van der Waals surface area contributed by atoms with Gasteiger partial charge in [0.05, 0.1) is 22.3 Å². The van der Waals surface area contributed by atoms with Crippen LogP contribution in [0.1, 0.15) is 19.6 Å². The maximum Gasteiger partial charge on any atom is 0.263 e. The van der Waals surface area contributed by atoms with E-state index in [1.165, 1.54) is 11.3 Å². The lowest BCUT2D eigenvalue weighted by Crippen LogP contribution is -2.22. The summed E-state index contributed by atoms with van der Waals surface area (Å²) >= 11 is 9.06. The molecular weight excluding hydrogens is 326 g/mol. The third kappa shape index (κ3) is 2.74. The van der Waals surface area contributed by atoms with Gasteiger partial charge in [0.15, 0.2) is 0 Å². The Kier molecular flexibility index (Phi) is 3.84. The van der Waals surface area contributed by atoms with Crippen molar-refractivity contribution < 1.29 is 4.79 Å². The van der Waals surface area contributed by atoms with Crippen LogP contribution in [-0.2, 0) is 6.54 Å². The number of halogens is 1. The number of amides is 1. The van der Waals surface area contributed by atoms with Gasteiger partial charge in [0, 0.05) is 21.2 Å². The molecule has 0 radical (unpaired) electrons. The van der Waals surface area contributed by atoms with Crippen molar-refractivity contribution in [2.45, 2.75) is 13.5 Å². The molecule has 0 bridgehead atoms. The van der Waals surface area contributed by atoms with Gasteiger partial charge >= 0.3 is 0 Å². The highest BCUT2D eigenvalue weighted by Crippen LogP contribution is 2.37. The van der Waals surface area contributed by atoms with Gasteiger partial charge in [-0.05, 0) is 19.1 Å². The third-order valence-corrected chi connectivity index (χ3v) is 5.40. The molecule has 0 unspecified atom stereocenters. The second-order valence-corrected chi connectivity index (χ2v) is 7.26. The molecule has 4 nitrogen and oxygen atoms in total. The molecule has 3 rings (SSSR count). The summed E-state index contributed by atoms with van der Waals surface area (Å²) in [6.07, 6.45) is 1.77. The van der Waals surface area contributed by atoms with Crippen LogP contribution in [0.3, 0.4) is 0 Å². The SMILES string of the molecule is Cc1ncc(CNC(=O)c2sc3cccc(Cl)c3c2N)s1. The van der Waals surface area contributed by atoms with Gasteiger partial charge in [-0.2, -0.15) is 0 Å². The Morgan fingerprint density at radius 3 is 2.90 bits per heavy atom. The van der Waals surface area contributed by atoms with Gasteiger partial charge in [-0.15, -0.1) is 22.7 Å². The summed E-state index contributed by atoms with van der Waals surface area (Å²) in [7, 11) is 0. The number of carbonyl (C=O) groups is 1. The molecule has 3 aromatic rings. The number of thiophene rings is 1. The minimum Gasteiger partial charge on any atom is -0.397 e. The van der Waals surface area contributed by atoms with Gasteiger partial charge in [0.2, 0.25) is 0 Å². The summed E-state index contributed by atoms with van der Waals surface area (Å²) in [5.74, 6) is -0.184. The molecule has 0 aliphatic carbocycles. The number of aryl methyl sites for hydroxylation is 1. The number of hydrogen-bond donors (Lipinski definition) is 2. The van der Waals surface area contributed by atoms with Crippen LogP contribution in [0.4, 0.5) is 5.69 Å². The lowest BCUT2D eigenvalue weighted by Gasteiger charge is -2.02. The highest BCUT2D eigenvalue weighted by atomic mass is 35.5. The van der Waals surface area contributed by atoms with E-state index < -0.39 is 0 Å². The van der Waals surface area contributed by atoms with Crippen molar-refractivity contribution >= 4 is 56.0 Å². The number of benzene rings is 1. The van der Waals surface area contributed by atoms with Crippen LogP contribution >= 0.6 is 34.3 Å². The second-order valence-electron chi connectivity index (χ2n) is 4.49. The molecule has 0 atom stereocenters. The van der Waals surface area contributed by atoms with E-state index in [1.54, 1.807) is 23.6 Å². The summed E-state index contributed by atoms with van der Waals surface area (Å²) in [4.78, 5) is 18.0. The smallest absolute Gasteiger partial charge is 0.263 e. The Morgan fingerprint density at radius 1 is 1.43 bits per heavy atom. The second kappa shape index (κ2) is 5.63. The van der Waals surface area contributed by atoms with Gasteiger partial charge < -0.3 is 11.1 Å². The Labute approximate surface area is 134 Å². The van der Waals surface area contributed by atoms with E-state index in [4.69, 9.17) is 17.3 Å². The van der Waals surface area contributed by atoms with Crippen LogP contribution in [0.25, 0.3) is 10.1 Å². The zero-order chi connectivity index (χ0) is 15.0. The Hall–Kier alpha value is -1.63. The van der Waals surface area contributed by atoms with E-state index >= 15 is 0 Å². The van der Waals surface area contributed by atoms with Crippen molar-refractivity contribution in [1.82, 2.24) is 10.3 Å². The molecule has 2 aromatic heterocycles. The van der Waals surface area contributed by atoms with Crippen LogP contribution < -0.4 is 11.1 Å². The highest BCUT2D eigenvalue weighted by Gasteiger charge is 2.18. The van der Waals surface area contributed by atoms with Crippen molar-refractivity contribution in [3.8, 4) is 0 Å². The van der Waals surface area contributed by atoms with E-state index in [-0.39, 0.29) is 5.91 Å². The maximum atomic E-state index is 12.3. The average Bonchev–Trinajstić information content (AvgIpc) is 3.01.